The number of nitrogens with two attached hydrogens (primary N) is 1. The zero-order valence-electron chi connectivity index (χ0n) is 13.3. The number of rotatable bonds is 5. The van der Waals surface area contributed by atoms with Crippen molar-refractivity contribution in [2.24, 2.45) is 11.7 Å². The molecular formula is C15H24ClN3O3S. The highest BCUT2D eigenvalue weighted by Gasteiger charge is 2.27. The molecule has 1 aliphatic rings. The van der Waals surface area contributed by atoms with Gasteiger partial charge in [-0.15, -0.1) is 12.4 Å². The molecule has 0 bridgehead atoms. The second kappa shape index (κ2) is 7.99. The van der Waals surface area contributed by atoms with Crippen LogP contribution in [0.15, 0.2) is 18.2 Å². The van der Waals surface area contributed by atoms with Crippen LogP contribution in [-0.4, -0.2) is 26.1 Å². The largest absolute Gasteiger partial charge is 0.328 e. The number of carbonyl (C=O) groups excluding carboxylic acids is 1. The van der Waals surface area contributed by atoms with Crippen molar-refractivity contribution in [3.05, 3.63) is 23.8 Å². The van der Waals surface area contributed by atoms with Crippen molar-refractivity contribution >= 4 is 39.7 Å². The van der Waals surface area contributed by atoms with Gasteiger partial charge in [0.05, 0.1) is 11.4 Å². The van der Waals surface area contributed by atoms with Gasteiger partial charge in [-0.2, -0.15) is 0 Å². The first-order chi connectivity index (χ1) is 10.3. The van der Waals surface area contributed by atoms with E-state index in [2.05, 4.69) is 10.0 Å². The van der Waals surface area contributed by atoms with E-state index in [0.29, 0.717) is 11.4 Å². The fraction of sp³-hybridized carbons (Fsp3) is 0.533. The third-order valence-electron chi connectivity index (χ3n) is 3.98. The molecule has 0 saturated heterocycles. The smallest absolute Gasteiger partial charge is 0.232 e. The van der Waals surface area contributed by atoms with Crippen molar-refractivity contribution in [1.29, 1.82) is 0 Å². The number of anilines is 2. The monoisotopic (exact) mass is 361 g/mol. The van der Waals surface area contributed by atoms with E-state index in [-0.39, 0.29) is 36.0 Å². The Morgan fingerprint density at radius 3 is 2.57 bits per heavy atom. The van der Waals surface area contributed by atoms with E-state index >= 15 is 0 Å². The fourth-order valence-electron chi connectivity index (χ4n) is 2.59. The molecule has 2 atom stereocenters. The van der Waals surface area contributed by atoms with Crippen LogP contribution >= 0.6 is 12.4 Å². The van der Waals surface area contributed by atoms with Crippen LogP contribution < -0.4 is 15.8 Å². The summed E-state index contributed by atoms with van der Waals surface area (Å²) in [5.74, 6) is -0.0323. The lowest BCUT2D eigenvalue weighted by molar-refractivity contribution is -0.119. The van der Waals surface area contributed by atoms with E-state index in [1.165, 1.54) is 0 Å². The van der Waals surface area contributed by atoms with Crippen molar-refractivity contribution < 1.29 is 13.2 Å². The van der Waals surface area contributed by atoms with Crippen LogP contribution in [0.4, 0.5) is 11.4 Å². The minimum Gasteiger partial charge on any atom is -0.328 e. The zero-order chi connectivity index (χ0) is 16.3. The lowest BCUT2D eigenvalue weighted by atomic mass is 10.1. The summed E-state index contributed by atoms with van der Waals surface area (Å²) in [6.45, 7) is 3.38. The second-order valence-corrected chi connectivity index (χ2v) is 7.81. The van der Waals surface area contributed by atoms with Crippen LogP contribution in [0.25, 0.3) is 0 Å². The Morgan fingerprint density at radius 1 is 1.35 bits per heavy atom. The quantitative estimate of drug-likeness (QED) is 0.748. The van der Waals surface area contributed by atoms with Gasteiger partial charge in [0.1, 0.15) is 0 Å². The lowest BCUT2D eigenvalue weighted by Crippen LogP contribution is -2.23. The van der Waals surface area contributed by atoms with Gasteiger partial charge in [0.15, 0.2) is 0 Å². The molecule has 1 saturated carbocycles. The summed E-state index contributed by atoms with van der Waals surface area (Å²) >= 11 is 0. The Kier molecular flexibility index (Phi) is 6.85. The van der Waals surface area contributed by atoms with Gasteiger partial charge in [0.2, 0.25) is 15.9 Å². The third kappa shape index (κ3) is 5.37. The fourth-order valence-corrected chi connectivity index (χ4v) is 3.30. The standard InChI is InChI=1S/C15H23N3O3S.ClH/c1-3-22(20,21)18-14-7-6-13(8-10(14)2)17-15(19)11-4-5-12(16)9-11;/h6-8,11-12,18H,3-5,9,16H2,1-2H3,(H,17,19);1H. The lowest BCUT2D eigenvalue weighted by Gasteiger charge is -2.14. The first-order valence-corrected chi connectivity index (χ1v) is 9.13. The van der Waals surface area contributed by atoms with Crippen molar-refractivity contribution in [1.82, 2.24) is 0 Å². The van der Waals surface area contributed by atoms with E-state index in [0.717, 1.165) is 24.8 Å². The van der Waals surface area contributed by atoms with E-state index in [1.54, 1.807) is 32.0 Å². The highest BCUT2D eigenvalue weighted by molar-refractivity contribution is 7.92. The van der Waals surface area contributed by atoms with Crippen LogP contribution in [0.1, 0.15) is 31.7 Å². The van der Waals surface area contributed by atoms with E-state index < -0.39 is 10.0 Å². The maximum absolute atomic E-state index is 12.2. The van der Waals surface area contributed by atoms with Gasteiger partial charge in [-0.3, -0.25) is 9.52 Å². The molecule has 6 nitrogen and oxygen atoms in total. The Balaban J connectivity index is 0.00000264. The van der Waals surface area contributed by atoms with Crippen molar-refractivity contribution in [2.75, 3.05) is 15.8 Å². The van der Waals surface area contributed by atoms with Gasteiger partial charge in [0, 0.05) is 17.6 Å². The summed E-state index contributed by atoms with van der Waals surface area (Å²) in [4.78, 5) is 12.2. The molecule has 0 aromatic heterocycles. The Morgan fingerprint density at radius 2 is 2.04 bits per heavy atom. The number of hydrogen-bond acceptors (Lipinski definition) is 4. The Hall–Kier alpha value is -1.31. The maximum atomic E-state index is 12.2. The number of halogens is 1. The molecule has 1 amide bonds. The molecule has 23 heavy (non-hydrogen) atoms. The highest BCUT2D eigenvalue weighted by Crippen LogP contribution is 2.26. The number of amides is 1. The molecule has 0 radical (unpaired) electrons. The van der Waals surface area contributed by atoms with Crippen LogP contribution in [-0.2, 0) is 14.8 Å². The molecule has 2 rings (SSSR count). The van der Waals surface area contributed by atoms with Gasteiger partial charge in [-0.1, -0.05) is 0 Å². The summed E-state index contributed by atoms with van der Waals surface area (Å²) in [7, 11) is -3.30. The summed E-state index contributed by atoms with van der Waals surface area (Å²) in [5.41, 5.74) is 7.79. The van der Waals surface area contributed by atoms with Gasteiger partial charge >= 0.3 is 0 Å². The minimum atomic E-state index is -3.30. The number of carbonyl (C=O) groups is 1. The first kappa shape index (κ1) is 19.7. The van der Waals surface area contributed by atoms with E-state index in [1.807, 2.05) is 0 Å². The average Bonchev–Trinajstić information content (AvgIpc) is 2.88. The summed E-state index contributed by atoms with van der Waals surface area (Å²) in [5, 5.41) is 2.88. The molecule has 0 aliphatic heterocycles. The van der Waals surface area contributed by atoms with Crippen LogP contribution in [0.5, 0.6) is 0 Å². The van der Waals surface area contributed by atoms with Gasteiger partial charge < -0.3 is 11.1 Å². The molecular weight excluding hydrogens is 338 g/mol. The van der Waals surface area contributed by atoms with E-state index in [9.17, 15) is 13.2 Å². The molecule has 0 heterocycles. The molecule has 4 N–H and O–H groups in total. The predicted octanol–water partition coefficient (Wildman–Crippen LogP) is 2.24. The van der Waals surface area contributed by atoms with Crippen molar-refractivity contribution in [3.8, 4) is 0 Å². The molecule has 2 unspecified atom stereocenters. The van der Waals surface area contributed by atoms with Crippen molar-refractivity contribution in [3.63, 3.8) is 0 Å². The Bertz CT molecular complexity index is 664. The summed E-state index contributed by atoms with van der Waals surface area (Å²) in [6.07, 6.45) is 2.43. The number of aryl methyl sites for hydroxylation is 1. The molecule has 1 aromatic carbocycles. The summed E-state index contributed by atoms with van der Waals surface area (Å²) < 4.78 is 25.7. The molecule has 1 aliphatic carbocycles. The maximum Gasteiger partial charge on any atom is 0.232 e. The minimum absolute atomic E-state index is 0. The number of benzene rings is 1. The molecule has 1 aromatic rings. The van der Waals surface area contributed by atoms with Gasteiger partial charge in [-0.05, 0) is 56.9 Å². The van der Waals surface area contributed by atoms with Crippen LogP contribution in [0.2, 0.25) is 0 Å². The zero-order valence-corrected chi connectivity index (χ0v) is 15.0. The second-order valence-electron chi connectivity index (χ2n) is 5.79. The number of sulfonamides is 1. The highest BCUT2D eigenvalue weighted by atomic mass is 35.5. The number of hydrogen-bond donors (Lipinski definition) is 3. The topological polar surface area (TPSA) is 101 Å². The first-order valence-electron chi connectivity index (χ1n) is 7.48. The SMILES string of the molecule is CCS(=O)(=O)Nc1ccc(NC(=O)C2CCC(N)C2)cc1C.Cl. The van der Waals surface area contributed by atoms with Gasteiger partial charge in [-0.25, -0.2) is 8.42 Å². The molecule has 0 spiro atoms. The van der Waals surface area contributed by atoms with E-state index in [4.69, 9.17) is 5.73 Å². The third-order valence-corrected chi connectivity index (χ3v) is 5.27. The molecule has 130 valence electrons. The number of nitrogens with one attached hydrogen (secondary N) is 2. The van der Waals surface area contributed by atoms with Gasteiger partial charge in [0.25, 0.3) is 0 Å². The molecule has 1 fully saturated rings. The summed E-state index contributed by atoms with van der Waals surface area (Å²) in [6, 6.07) is 5.25. The van der Waals surface area contributed by atoms with Crippen molar-refractivity contribution in [2.45, 2.75) is 39.2 Å². The average molecular weight is 362 g/mol. The Labute approximate surface area is 143 Å². The molecule has 8 heteroatoms. The van der Waals surface area contributed by atoms with Crippen LogP contribution in [0, 0.1) is 12.8 Å². The van der Waals surface area contributed by atoms with Crippen LogP contribution in [0.3, 0.4) is 0 Å². The predicted molar refractivity (Wildman–Crippen MR) is 95.5 cm³/mol. The normalized spacial score (nSPS) is 20.7.